The van der Waals surface area contributed by atoms with E-state index in [4.69, 9.17) is 23.2 Å². The first kappa shape index (κ1) is 13.5. The Hall–Kier alpha value is -0.960. The van der Waals surface area contributed by atoms with Gasteiger partial charge in [0.2, 0.25) is 0 Å². The summed E-state index contributed by atoms with van der Waals surface area (Å²) in [5, 5.41) is 1.23. The molecule has 0 bridgehead atoms. The summed E-state index contributed by atoms with van der Waals surface area (Å²) in [5.41, 5.74) is 1.76. The summed E-state index contributed by atoms with van der Waals surface area (Å²) in [5.74, 6) is 0. The fraction of sp³-hybridized carbons (Fsp3) is 0.0714. The third-order valence-corrected chi connectivity index (χ3v) is 3.69. The molecule has 2 aromatic rings. The van der Waals surface area contributed by atoms with Crippen LogP contribution < -0.4 is 0 Å². The van der Waals surface area contributed by atoms with Crippen molar-refractivity contribution in [1.82, 2.24) is 0 Å². The van der Waals surface area contributed by atoms with Gasteiger partial charge < -0.3 is 0 Å². The highest BCUT2D eigenvalue weighted by molar-refractivity contribution is 7.98. The van der Waals surface area contributed by atoms with Gasteiger partial charge in [-0.05, 0) is 42.7 Å². The molecule has 0 unspecified atom stereocenters. The summed E-state index contributed by atoms with van der Waals surface area (Å²) in [7, 11) is 0. The summed E-state index contributed by atoms with van der Waals surface area (Å²) in [6.45, 7) is 0. The lowest BCUT2D eigenvalue weighted by molar-refractivity contribution is 1.42. The molecule has 0 heterocycles. The van der Waals surface area contributed by atoms with Crippen molar-refractivity contribution in [3.63, 3.8) is 0 Å². The van der Waals surface area contributed by atoms with Crippen LogP contribution >= 0.6 is 35.0 Å². The largest absolute Gasteiger partial charge is 0.256 e. The van der Waals surface area contributed by atoms with E-state index in [1.165, 1.54) is 4.90 Å². The maximum atomic E-state index is 6.06. The zero-order valence-corrected chi connectivity index (χ0v) is 12.1. The molecule has 0 N–H and O–H groups in total. The molecule has 18 heavy (non-hydrogen) atoms. The highest BCUT2D eigenvalue weighted by Gasteiger charge is 1.98. The summed E-state index contributed by atoms with van der Waals surface area (Å²) < 4.78 is 0. The summed E-state index contributed by atoms with van der Waals surface area (Å²) in [4.78, 5) is 5.60. The fourth-order valence-electron chi connectivity index (χ4n) is 1.42. The second-order valence-electron chi connectivity index (χ2n) is 3.62. The minimum Gasteiger partial charge on any atom is -0.256 e. The van der Waals surface area contributed by atoms with Crippen LogP contribution in [-0.2, 0) is 0 Å². The Balaban J connectivity index is 2.19. The topological polar surface area (TPSA) is 12.4 Å². The van der Waals surface area contributed by atoms with Crippen molar-refractivity contribution >= 4 is 46.9 Å². The molecular weight excluding hydrogens is 285 g/mol. The highest BCUT2D eigenvalue weighted by Crippen LogP contribution is 2.22. The molecule has 92 valence electrons. The third-order valence-electron chi connectivity index (χ3n) is 2.39. The Kier molecular flexibility index (Phi) is 4.70. The number of nitrogens with zero attached hydrogens (tertiary/aromatic N) is 1. The standard InChI is InChI=1S/C14H11Cl2NS/c1-18-13-6-4-12(5-7-13)17-9-10-2-3-11(15)8-14(10)16/h2-9H,1H3. The van der Waals surface area contributed by atoms with E-state index in [1.807, 2.05) is 36.6 Å². The lowest BCUT2D eigenvalue weighted by Gasteiger charge is -1.99. The van der Waals surface area contributed by atoms with Gasteiger partial charge in [0.25, 0.3) is 0 Å². The molecule has 2 rings (SSSR count). The first-order chi connectivity index (χ1) is 8.69. The van der Waals surface area contributed by atoms with Gasteiger partial charge >= 0.3 is 0 Å². The first-order valence-electron chi connectivity index (χ1n) is 5.32. The predicted molar refractivity (Wildman–Crippen MR) is 81.9 cm³/mol. The summed E-state index contributed by atoms with van der Waals surface area (Å²) in [6, 6.07) is 13.4. The van der Waals surface area contributed by atoms with Crippen LogP contribution in [0.25, 0.3) is 0 Å². The van der Waals surface area contributed by atoms with E-state index < -0.39 is 0 Å². The lowest BCUT2D eigenvalue weighted by Crippen LogP contribution is -1.82. The average Bonchev–Trinajstić information content (AvgIpc) is 2.38. The van der Waals surface area contributed by atoms with E-state index in [-0.39, 0.29) is 0 Å². The molecule has 0 saturated carbocycles. The van der Waals surface area contributed by atoms with Crippen molar-refractivity contribution in [2.75, 3.05) is 6.26 Å². The van der Waals surface area contributed by atoms with Crippen molar-refractivity contribution < 1.29 is 0 Å². The summed E-state index contributed by atoms with van der Waals surface area (Å²) >= 11 is 13.6. The number of rotatable bonds is 3. The van der Waals surface area contributed by atoms with Crippen molar-refractivity contribution in [1.29, 1.82) is 0 Å². The number of hydrogen-bond donors (Lipinski definition) is 0. The van der Waals surface area contributed by atoms with Crippen LogP contribution in [0.3, 0.4) is 0 Å². The molecule has 4 heteroatoms. The molecule has 0 radical (unpaired) electrons. The van der Waals surface area contributed by atoms with Gasteiger partial charge in [0, 0.05) is 21.7 Å². The normalized spacial score (nSPS) is 11.1. The van der Waals surface area contributed by atoms with Gasteiger partial charge in [0.15, 0.2) is 0 Å². The van der Waals surface area contributed by atoms with Gasteiger partial charge in [-0.25, -0.2) is 0 Å². The van der Waals surface area contributed by atoms with Gasteiger partial charge in [-0.1, -0.05) is 29.3 Å². The molecule has 0 atom stereocenters. The monoisotopic (exact) mass is 295 g/mol. The molecule has 0 amide bonds. The molecule has 1 nitrogen and oxygen atoms in total. The van der Waals surface area contributed by atoms with E-state index in [2.05, 4.69) is 4.99 Å². The number of thioether (sulfide) groups is 1. The maximum Gasteiger partial charge on any atom is 0.0630 e. The first-order valence-corrected chi connectivity index (χ1v) is 7.30. The van der Waals surface area contributed by atoms with Gasteiger partial charge in [-0.3, -0.25) is 4.99 Å². The third kappa shape index (κ3) is 3.52. The Morgan fingerprint density at radius 1 is 1.06 bits per heavy atom. The van der Waals surface area contributed by atoms with Crippen LogP contribution in [0.1, 0.15) is 5.56 Å². The van der Waals surface area contributed by atoms with E-state index in [1.54, 1.807) is 30.1 Å². The predicted octanol–water partition coefficient (Wildman–Crippen LogP) is 5.47. The Bertz CT molecular complexity index is 565. The zero-order chi connectivity index (χ0) is 13.0. The quantitative estimate of drug-likeness (QED) is 0.540. The number of benzene rings is 2. The molecular formula is C14H11Cl2NS. The van der Waals surface area contributed by atoms with Crippen molar-refractivity contribution in [2.24, 2.45) is 4.99 Å². The zero-order valence-electron chi connectivity index (χ0n) is 9.73. The van der Waals surface area contributed by atoms with Gasteiger partial charge in [0.1, 0.15) is 0 Å². The smallest absolute Gasteiger partial charge is 0.0630 e. The summed E-state index contributed by atoms with van der Waals surface area (Å²) in [6.07, 6.45) is 3.79. The van der Waals surface area contributed by atoms with E-state index in [9.17, 15) is 0 Å². The minimum atomic E-state index is 0.604. The van der Waals surface area contributed by atoms with Crippen LogP contribution in [-0.4, -0.2) is 12.5 Å². The van der Waals surface area contributed by atoms with Crippen LogP contribution in [0.2, 0.25) is 10.0 Å². The van der Waals surface area contributed by atoms with Crippen LogP contribution in [0.5, 0.6) is 0 Å². The van der Waals surface area contributed by atoms with Gasteiger partial charge in [-0.2, -0.15) is 0 Å². The molecule has 0 aromatic heterocycles. The molecule has 0 fully saturated rings. The Morgan fingerprint density at radius 3 is 2.39 bits per heavy atom. The second-order valence-corrected chi connectivity index (χ2v) is 5.35. The van der Waals surface area contributed by atoms with Crippen LogP contribution in [0.15, 0.2) is 52.4 Å². The van der Waals surface area contributed by atoms with E-state index in [0.717, 1.165) is 11.3 Å². The minimum absolute atomic E-state index is 0.604. The molecule has 0 saturated heterocycles. The second kappa shape index (κ2) is 6.28. The van der Waals surface area contributed by atoms with Crippen LogP contribution in [0, 0.1) is 0 Å². The van der Waals surface area contributed by atoms with E-state index >= 15 is 0 Å². The van der Waals surface area contributed by atoms with E-state index in [0.29, 0.717) is 10.0 Å². The van der Waals surface area contributed by atoms with Crippen molar-refractivity contribution in [2.45, 2.75) is 4.90 Å². The SMILES string of the molecule is CSc1ccc(N=Cc2ccc(Cl)cc2Cl)cc1. The Labute approximate surface area is 121 Å². The van der Waals surface area contributed by atoms with Crippen molar-refractivity contribution in [3.8, 4) is 0 Å². The molecule has 0 aliphatic carbocycles. The molecule has 0 aliphatic rings. The number of hydrogen-bond acceptors (Lipinski definition) is 2. The highest BCUT2D eigenvalue weighted by atomic mass is 35.5. The Morgan fingerprint density at radius 2 is 1.78 bits per heavy atom. The maximum absolute atomic E-state index is 6.06. The fourth-order valence-corrected chi connectivity index (χ4v) is 2.28. The van der Waals surface area contributed by atoms with Crippen molar-refractivity contribution in [3.05, 3.63) is 58.1 Å². The van der Waals surface area contributed by atoms with Gasteiger partial charge in [-0.15, -0.1) is 11.8 Å². The molecule has 2 aromatic carbocycles. The lowest BCUT2D eigenvalue weighted by atomic mass is 10.2. The molecule has 0 spiro atoms. The van der Waals surface area contributed by atoms with Gasteiger partial charge in [0.05, 0.1) is 10.7 Å². The number of aliphatic imine (C=N–C) groups is 1. The van der Waals surface area contributed by atoms with Crippen LogP contribution in [0.4, 0.5) is 5.69 Å². The average molecular weight is 296 g/mol. The number of halogens is 2. The molecule has 0 aliphatic heterocycles.